The van der Waals surface area contributed by atoms with Crippen LogP contribution >= 0.6 is 31.9 Å². The average Bonchev–Trinajstić information content (AvgIpc) is 2.74. The largest absolute Gasteiger partial charge is 0.452 e. The van der Waals surface area contributed by atoms with E-state index in [9.17, 15) is 0 Å². The van der Waals surface area contributed by atoms with Gasteiger partial charge in [-0.3, -0.25) is 0 Å². The number of halogens is 2. The van der Waals surface area contributed by atoms with Crippen LogP contribution in [0.2, 0.25) is 0 Å². The maximum atomic E-state index is 5.44. The Balaban J connectivity index is 1.85. The van der Waals surface area contributed by atoms with Gasteiger partial charge in [-0.2, -0.15) is 0 Å². The fourth-order valence-electron chi connectivity index (χ4n) is 1.42. The van der Waals surface area contributed by atoms with Gasteiger partial charge in [-0.15, -0.1) is 0 Å². The zero-order valence-corrected chi connectivity index (χ0v) is 10.7. The lowest BCUT2D eigenvalue weighted by Crippen LogP contribution is -2.28. The third-order valence-electron chi connectivity index (χ3n) is 2.19. The predicted octanol–water partition coefficient (Wildman–Crippen LogP) is 2.68. The molecule has 2 heterocycles. The van der Waals surface area contributed by atoms with Crippen LogP contribution in [0.1, 0.15) is 12.2 Å². The number of hydrogen-bond donors (Lipinski definition) is 1. The van der Waals surface area contributed by atoms with Gasteiger partial charge in [0.1, 0.15) is 5.76 Å². The van der Waals surface area contributed by atoms with Crippen LogP contribution in [0.4, 0.5) is 0 Å². The Morgan fingerprint density at radius 2 is 2.36 bits per heavy atom. The maximum absolute atomic E-state index is 5.44. The molecule has 1 aliphatic rings. The Morgan fingerprint density at radius 1 is 1.50 bits per heavy atom. The van der Waals surface area contributed by atoms with Crippen LogP contribution in [-0.2, 0) is 11.3 Å². The van der Waals surface area contributed by atoms with Crippen molar-refractivity contribution in [2.24, 2.45) is 0 Å². The highest BCUT2D eigenvalue weighted by Gasteiger charge is 2.15. The SMILES string of the molecule is Brc1cc(CNC2CCOC2)oc1Br. The first-order valence-electron chi connectivity index (χ1n) is 4.50. The molecule has 1 saturated heterocycles. The molecule has 1 unspecified atom stereocenters. The van der Waals surface area contributed by atoms with Gasteiger partial charge < -0.3 is 14.5 Å². The summed E-state index contributed by atoms with van der Waals surface area (Å²) in [6, 6.07) is 2.44. The summed E-state index contributed by atoms with van der Waals surface area (Å²) in [6.07, 6.45) is 1.09. The highest BCUT2D eigenvalue weighted by Crippen LogP contribution is 2.26. The summed E-state index contributed by atoms with van der Waals surface area (Å²) >= 11 is 6.68. The number of hydrogen-bond acceptors (Lipinski definition) is 3. The Hall–Kier alpha value is 0.160. The van der Waals surface area contributed by atoms with E-state index in [0.29, 0.717) is 6.04 Å². The zero-order valence-electron chi connectivity index (χ0n) is 7.56. The second kappa shape index (κ2) is 4.79. The van der Waals surface area contributed by atoms with Gasteiger partial charge >= 0.3 is 0 Å². The van der Waals surface area contributed by atoms with Gasteiger partial charge in [0.25, 0.3) is 0 Å². The standard InChI is InChI=1S/C9H11Br2NO2/c10-8-3-7(14-9(8)11)4-12-6-1-2-13-5-6/h3,6,12H,1-2,4-5H2. The van der Waals surface area contributed by atoms with Gasteiger partial charge in [-0.1, -0.05) is 0 Å². The zero-order chi connectivity index (χ0) is 9.97. The van der Waals surface area contributed by atoms with Crippen molar-refractivity contribution in [2.75, 3.05) is 13.2 Å². The van der Waals surface area contributed by atoms with Crippen LogP contribution in [0, 0.1) is 0 Å². The van der Waals surface area contributed by atoms with Crippen LogP contribution in [0.5, 0.6) is 0 Å². The van der Waals surface area contributed by atoms with Crippen LogP contribution in [0.25, 0.3) is 0 Å². The molecule has 0 aromatic carbocycles. The molecule has 14 heavy (non-hydrogen) atoms. The second-order valence-corrected chi connectivity index (χ2v) is 4.85. The molecular weight excluding hydrogens is 314 g/mol. The maximum Gasteiger partial charge on any atom is 0.183 e. The molecule has 0 saturated carbocycles. The molecule has 0 bridgehead atoms. The van der Waals surface area contributed by atoms with Crippen molar-refractivity contribution in [2.45, 2.75) is 19.0 Å². The Labute approximate surface area is 99.4 Å². The summed E-state index contributed by atoms with van der Waals surface area (Å²) < 4.78 is 12.4. The lowest BCUT2D eigenvalue weighted by Gasteiger charge is -2.07. The van der Waals surface area contributed by atoms with E-state index in [2.05, 4.69) is 37.2 Å². The number of furan rings is 1. The van der Waals surface area contributed by atoms with Crippen LogP contribution < -0.4 is 5.32 Å². The molecule has 5 heteroatoms. The van der Waals surface area contributed by atoms with Crippen molar-refractivity contribution in [1.29, 1.82) is 0 Å². The molecule has 1 fully saturated rings. The molecule has 1 N–H and O–H groups in total. The fourth-order valence-corrected chi connectivity index (χ4v) is 2.08. The minimum atomic E-state index is 0.470. The first kappa shape index (κ1) is 10.7. The number of rotatable bonds is 3. The Kier molecular flexibility index (Phi) is 3.65. The Morgan fingerprint density at radius 3 is 2.93 bits per heavy atom. The summed E-state index contributed by atoms with van der Waals surface area (Å²) in [4.78, 5) is 0. The minimum absolute atomic E-state index is 0.470. The van der Waals surface area contributed by atoms with E-state index < -0.39 is 0 Å². The van der Waals surface area contributed by atoms with E-state index in [1.165, 1.54) is 0 Å². The van der Waals surface area contributed by atoms with Crippen LogP contribution in [0.15, 0.2) is 19.6 Å². The van der Waals surface area contributed by atoms with Crippen LogP contribution in [-0.4, -0.2) is 19.3 Å². The molecule has 3 nitrogen and oxygen atoms in total. The van der Waals surface area contributed by atoms with E-state index in [4.69, 9.17) is 9.15 Å². The molecule has 1 aliphatic heterocycles. The van der Waals surface area contributed by atoms with Gasteiger partial charge in [0.15, 0.2) is 4.67 Å². The highest BCUT2D eigenvalue weighted by molar-refractivity contribution is 9.13. The molecule has 1 atom stereocenters. The molecule has 2 rings (SSSR count). The summed E-state index contributed by atoms with van der Waals surface area (Å²) in [5.41, 5.74) is 0. The van der Waals surface area contributed by atoms with Crippen molar-refractivity contribution in [3.8, 4) is 0 Å². The molecular formula is C9H11Br2NO2. The topological polar surface area (TPSA) is 34.4 Å². The molecule has 0 aliphatic carbocycles. The molecule has 78 valence electrons. The molecule has 0 spiro atoms. The monoisotopic (exact) mass is 323 g/mol. The van der Waals surface area contributed by atoms with E-state index in [1.54, 1.807) is 0 Å². The summed E-state index contributed by atoms with van der Waals surface area (Å²) in [5, 5.41) is 3.38. The summed E-state index contributed by atoms with van der Waals surface area (Å²) in [6.45, 7) is 2.42. The third kappa shape index (κ3) is 2.59. The van der Waals surface area contributed by atoms with E-state index in [-0.39, 0.29) is 0 Å². The molecule has 0 radical (unpaired) electrons. The van der Waals surface area contributed by atoms with E-state index in [0.717, 1.165) is 41.1 Å². The van der Waals surface area contributed by atoms with Crippen molar-refractivity contribution >= 4 is 31.9 Å². The van der Waals surface area contributed by atoms with E-state index in [1.807, 2.05) is 6.07 Å². The number of ether oxygens (including phenoxy) is 1. The summed E-state index contributed by atoms with van der Waals surface area (Å²) in [7, 11) is 0. The van der Waals surface area contributed by atoms with Gasteiger partial charge in [0, 0.05) is 12.6 Å². The van der Waals surface area contributed by atoms with Gasteiger partial charge in [0.05, 0.1) is 17.6 Å². The fraction of sp³-hybridized carbons (Fsp3) is 0.556. The smallest absolute Gasteiger partial charge is 0.183 e. The number of nitrogens with one attached hydrogen (secondary N) is 1. The predicted molar refractivity (Wildman–Crippen MR) is 60.2 cm³/mol. The second-order valence-electron chi connectivity index (χ2n) is 3.28. The Bertz CT molecular complexity index is 288. The highest BCUT2D eigenvalue weighted by atomic mass is 79.9. The van der Waals surface area contributed by atoms with Crippen molar-refractivity contribution in [3.05, 3.63) is 21.0 Å². The van der Waals surface area contributed by atoms with Crippen molar-refractivity contribution in [3.63, 3.8) is 0 Å². The molecule has 0 amide bonds. The molecule has 1 aromatic heterocycles. The third-order valence-corrected chi connectivity index (χ3v) is 3.90. The van der Waals surface area contributed by atoms with E-state index >= 15 is 0 Å². The minimum Gasteiger partial charge on any atom is -0.452 e. The lowest BCUT2D eigenvalue weighted by molar-refractivity contribution is 0.189. The van der Waals surface area contributed by atoms with Crippen LogP contribution in [0.3, 0.4) is 0 Å². The molecule has 1 aromatic rings. The normalized spacial score (nSPS) is 21.7. The lowest BCUT2D eigenvalue weighted by atomic mass is 10.2. The van der Waals surface area contributed by atoms with Crippen molar-refractivity contribution < 1.29 is 9.15 Å². The van der Waals surface area contributed by atoms with Crippen molar-refractivity contribution in [1.82, 2.24) is 5.32 Å². The first-order chi connectivity index (χ1) is 6.75. The van der Waals surface area contributed by atoms with Gasteiger partial charge in [0.2, 0.25) is 0 Å². The summed E-state index contributed by atoms with van der Waals surface area (Å²) in [5.74, 6) is 0.927. The quantitative estimate of drug-likeness (QED) is 0.928. The average molecular weight is 325 g/mol. The first-order valence-corrected chi connectivity index (χ1v) is 6.09. The van der Waals surface area contributed by atoms with Gasteiger partial charge in [-0.05, 0) is 44.3 Å². The van der Waals surface area contributed by atoms with Gasteiger partial charge in [-0.25, -0.2) is 0 Å².